The van der Waals surface area contributed by atoms with Gasteiger partial charge in [0.2, 0.25) is 0 Å². The molecule has 6 nitrogen and oxygen atoms in total. The van der Waals surface area contributed by atoms with Crippen LogP contribution < -0.4 is 0 Å². The fourth-order valence-electron chi connectivity index (χ4n) is 5.16. The number of rotatable bonds is 7. The summed E-state index contributed by atoms with van der Waals surface area (Å²) in [5.41, 5.74) is 1.87. The molecule has 2 fully saturated rings. The number of aliphatic hydroxyl groups is 1. The van der Waals surface area contributed by atoms with Gasteiger partial charge in [-0.05, 0) is 64.4 Å². The average Bonchev–Trinajstić information content (AvgIpc) is 3.23. The van der Waals surface area contributed by atoms with Gasteiger partial charge in [-0.1, -0.05) is 6.07 Å². The lowest BCUT2D eigenvalue weighted by Crippen LogP contribution is -2.58. The van der Waals surface area contributed by atoms with Crippen molar-refractivity contribution >= 4 is 0 Å². The molecule has 0 aliphatic carbocycles. The van der Waals surface area contributed by atoms with Crippen molar-refractivity contribution in [1.82, 2.24) is 24.5 Å². The Morgan fingerprint density at radius 3 is 2.68 bits per heavy atom. The summed E-state index contributed by atoms with van der Waals surface area (Å²) in [6.07, 6.45) is 7.13. The smallest absolute Gasteiger partial charge is 0.125 e. The van der Waals surface area contributed by atoms with E-state index in [4.69, 9.17) is 0 Å². The molecule has 1 aromatic carbocycles. The molecule has 7 heteroatoms. The third-order valence-corrected chi connectivity index (χ3v) is 6.89. The summed E-state index contributed by atoms with van der Waals surface area (Å²) in [6, 6.07) is 8.16. The van der Waals surface area contributed by atoms with E-state index in [0.717, 1.165) is 43.9 Å². The Labute approximate surface area is 185 Å². The first kappa shape index (κ1) is 22.4. The maximum atomic E-state index is 13.5. The molecule has 2 aromatic rings. The van der Waals surface area contributed by atoms with Crippen molar-refractivity contribution in [3.8, 4) is 5.69 Å². The van der Waals surface area contributed by atoms with E-state index in [9.17, 15) is 9.50 Å². The standard InChI is InChI=1S/C24H36FN5O/c1-19(2)28-9-6-22(7-10-28)29-12-11-27(18-24(29)8-13-31)16-20-15-26-30(17-20)23-5-3-4-21(25)14-23/h3-5,14-15,17,19,22,24,31H,6-13,16,18H2,1-2H3/t24-/m0/s1. The van der Waals surface area contributed by atoms with Crippen LogP contribution in [0.4, 0.5) is 4.39 Å². The summed E-state index contributed by atoms with van der Waals surface area (Å²) in [7, 11) is 0. The molecule has 3 heterocycles. The Kier molecular flexibility index (Phi) is 7.38. The fraction of sp³-hybridized carbons (Fsp3) is 0.625. The highest BCUT2D eigenvalue weighted by molar-refractivity contribution is 5.31. The Morgan fingerprint density at radius 2 is 1.97 bits per heavy atom. The third kappa shape index (κ3) is 5.52. The predicted octanol–water partition coefficient (Wildman–Crippen LogP) is 2.75. The van der Waals surface area contributed by atoms with Gasteiger partial charge in [0.25, 0.3) is 0 Å². The molecular formula is C24H36FN5O. The number of hydrogen-bond donors (Lipinski definition) is 1. The highest BCUT2D eigenvalue weighted by Gasteiger charge is 2.33. The molecule has 0 spiro atoms. The van der Waals surface area contributed by atoms with E-state index in [-0.39, 0.29) is 12.4 Å². The van der Waals surface area contributed by atoms with Gasteiger partial charge in [-0.25, -0.2) is 9.07 Å². The number of aromatic nitrogens is 2. The van der Waals surface area contributed by atoms with Crippen LogP contribution in [0.2, 0.25) is 0 Å². The van der Waals surface area contributed by atoms with E-state index in [1.807, 2.05) is 18.5 Å². The van der Waals surface area contributed by atoms with Crippen LogP contribution in [0.3, 0.4) is 0 Å². The van der Waals surface area contributed by atoms with E-state index < -0.39 is 0 Å². The molecule has 0 saturated carbocycles. The molecule has 2 aliphatic heterocycles. The van der Waals surface area contributed by atoms with Crippen molar-refractivity contribution < 1.29 is 9.50 Å². The molecule has 2 aliphatic rings. The van der Waals surface area contributed by atoms with Gasteiger partial charge < -0.3 is 10.0 Å². The first-order chi connectivity index (χ1) is 15.0. The third-order valence-electron chi connectivity index (χ3n) is 6.89. The normalized spacial score (nSPS) is 22.4. The Hall–Kier alpha value is -1.80. The molecule has 0 bridgehead atoms. The van der Waals surface area contributed by atoms with Crippen molar-refractivity contribution in [3.05, 3.63) is 48.0 Å². The predicted molar refractivity (Wildman–Crippen MR) is 121 cm³/mol. The highest BCUT2D eigenvalue weighted by atomic mass is 19.1. The van der Waals surface area contributed by atoms with Gasteiger partial charge in [0.15, 0.2) is 0 Å². The van der Waals surface area contributed by atoms with Gasteiger partial charge in [0, 0.05) is 62.7 Å². The number of benzene rings is 1. The molecule has 0 radical (unpaired) electrons. The van der Waals surface area contributed by atoms with Crippen LogP contribution in [0.1, 0.15) is 38.7 Å². The summed E-state index contributed by atoms with van der Waals surface area (Å²) in [4.78, 5) is 7.71. The maximum Gasteiger partial charge on any atom is 0.125 e. The molecule has 4 rings (SSSR count). The van der Waals surface area contributed by atoms with E-state index in [1.165, 1.54) is 38.1 Å². The van der Waals surface area contributed by atoms with Crippen LogP contribution >= 0.6 is 0 Å². The monoisotopic (exact) mass is 429 g/mol. The summed E-state index contributed by atoms with van der Waals surface area (Å²) in [5, 5.41) is 14.1. The van der Waals surface area contributed by atoms with Crippen molar-refractivity contribution in [3.63, 3.8) is 0 Å². The summed E-state index contributed by atoms with van der Waals surface area (Å²) in [5.74, 6) is -0.253. The zero-order valence-corrected chi connectivity index (χ0v) is 18.8. The molecule has 1 N–H and O–H groups in total. The second-order valence-electron chi connectivity index (χ2n) is 9.27. The molecule has 1 atom stereocenters. The van der Waals surface area contributed by atoms with E-state index in [2.05, 4.69) is 33.6 Å². The van der Waals surface area contributed by atoms with Crippen molar-refractivity contribution in [2.75, 3.05) is 39.3 Å². The number of piperidine rings is 1. The van der Waals surface area contributed by atoms with Crippen LogP contribution in [0.25, 0.3) is 5.69 Å². The minimum absolute atomic E-state index is 0.233. The van der Waals surface area contributed by atoms with E-state index in [1.54, 1.807) is 10.7 Å². The SMILES string of the molecule is CC(C)N1CCC(N2CCN(Cc3cnn(-c4cccc(F)c4)c3)C[C@@H]2CCO)CC1. The minimum atomic E-state index is -0.253. The Bertz CT molecular complexity index is 833. The Balaban J connectivity index is 1.36. The number of likely N-dealkylation sites (tertiary alicyclic amines) is 1. The second-order valence-corrected chi connectivity index (χ2v) is 9.27. The van der Waals surface area contributed by atoms with Gasteiger partial charge in [-0.15, -0.1) is 0 Å². The van der Waals surface area contributed by atoms with Crippen LogP contribution in [0, 0.1) is 5.82 Å². The minimum Gasteiger partial charge on any atom is -0.396 e. The van der Waals surface area contributed by atoms with Crippen LogP contribution in [0.15, 0.2) is 36.7 Å². The van der Waals surface area contributed by atoms with Crippen molar-refractivity contribution in [1.29, 1.82) is 0 Å². The lowest BCUT2D eigenvalue weighted by Gasteiger charge is -2.48. The maximum absolute atomic E-state index is 13.5. The van der Waals surface area contributed by atoms with Crippen molar-refractivity contribution in [2.45, 2.75) is 57.8 Å². The lowest BCUT2D eigenvalue weighted by atomic mass is 9.97. The highest BCUT2D eigenvalue weighted by Crippen LogP contribution is 2.25. The van der Waals surface area contributed by atoms with Gasteiger partial charge in [-0.2, -0.15) is 5.10 Å². The largest absolute Gasteiger partial charge is 0.396 e. The Morgan fingerprint density at radius 1 is 1.16 bits per heavy atom. The van der Waals surface area contributed by atoms with Gasteiger partial charge in [0.1, 0.15) is 5.82 Å². The molecule has 2 saturated heterocycles. The molecule has 0 unspecified atom stereocenters. The molecule has 170 valence electrons. The molecule has 31 heavy (non-hydrogen) atoms. The summed E-state index contributed by atoms with van der Waals surface area (Å²) in [6.45, 7) is 11.0. The fourth-order valence-corrected chi connectivity index (χ4v) is 5.16. The summed E-state index contributed by atoms with van der Waals surface area (Å²) < 4.78 is 15.3. The average molecular weight is 430 g/mol. The second kappa shape index (κ2) is 10.2. The first-order valence-electron chi connectivity index (χ1n) is 11.7. The number of aliphatic hydroxyl groups excluding tert-OH is 1. The van der Waals surface area contributed by atoms with Crippen LogP contribution in [0.5, 0.6) is 0 Å². The molecule has 0 amide bonds. The van der Waals surface area contributed by atoms with Gasteiger partial charge >= 0.3 is 0 Å². The van der Waals surface area contributed by atoms with Crippen molar-refractivity contribution in [2.24, 2.45) is 0 Å². The quantitative estimate of drug-likeness (QED) is 0.734. The van der Waals surface area contributed by atoms with E-state index in [0.29, 0.717) is 18.1 Å². The summed E-state index contributed by atoms with van der Waals surface area (Å²) >= 11 is 0. The number of piperazine rings is 1. The molecular weight excluding hydrogens is 393 g/mol. The van der Waals surface area contributed by atoms with Crippen LogP contribution in [-0.4, -0.2) is 87.0 Å². The number of nitrogens with zero attached hydrogens (tertiary/aromatic N) is 5. The topological polar surface area (TPSA) is 47.8 Å². The number of hydrogen-bond acceptors (Lipinski definition) is 5. The first-order valence-corrected chi connectivity index (χ1v) is 11.7. The van der Waals surface area contributed by atoms with Gasteiger partial charge in [0.05, 0.1) is 11.9 Å². The lowest BCUT2D eigenvalue weighted by molar-refractivity contribution is -0.0000323. The zero-order chi connectivity index (χ0) is 21.8. The zero-order valence-electron chi connectivity index (χ0n) is 18.8. The van der Waals surface area contributed by atoms with Crippen LogP contribution in [-0.2, 0) is 6.54 Å². The molecule has 1 aromatic heterocycles. The van der Waals surface area contributed by atoms with Gasteiger partial charge in [-0.3, -0.25) is 9.80 Å². The van der Waals surface area contributed by atoms with E-state index >= 15 is 0 Å². The number of halogens is 1.